The van der Waals surface area contributed by atoms with E-state index in [-0.39, 0.29) is 11.5 Å². The van der Waals surface area contributed by atoms with Crippen molar-refractivity contribution in [3.63, 3.8) is 0 Å². The normalized spacial score (nSPS) is 10.5. The molecule has 186 valence electrons. The van der Waals surface area contributed by atoms with Crippen LogP contribution in [0.25, 0.3) is 22.0 Å². The average molecular weight is 501 g/mol. The number of aryl methyl sites for hydroxylation is 1. The Balaban J connectivity index is 1.50. The molecular weight excluding hydrogens is 476 g/mol. The Morgan fingerprint density at radius 3 is 2.55 bits per heavy atom. The monoisotopic (exact) mass is 500 g/mol. The zero-order valence-corrected chi connectivity index (χ0v) is 20.8. The first-order valence-electron chi connectivity index (χ1n) is 12.0. The number of carboxylic acids is 1. The molecule has 3 N–H and O–H groups in total. The highest BCUT2D eigenvalue weighted by Crippen LogP contribution is 2.31. The lowest BCUT2D eigenvalue weighted by Crippen LogP contribution is -2.13. The number of hydrogen-bond donors (Lipinski definition) is 3. The van der Waals surface area contributed by atoms with Gasteiger partial charge in [-0.3, -0.25) is 4.79 Å². The van der Waals surface area contributed by atoms with Crippen LogP contribution >= 0.6 is 0 Å². The number of para-hydroxylation sites is 1. The van der Waals surface area contributed by atoms with Crippen molar-refractivity contribution < 1.29 is 19.4 Å². The van der Waals surface area contributed by atoms with Crippen molar-refractivity contribution in [1.29, 1.82) is 0 Å². The van der Waals surface area contributed by atoms with Gasteiger partial charge in [0.25, 0.3) is 5.91 Å². The molecular formula is C32H24N2O4. The molecule has 4 aromatic carbocycles. The highest BCUT2D eigenvalue weighted by atomic mass is 16.5. The molecule has 1 heterocycles. The van der Waals surface area contributed by atoms with Crippen molar-refractivity contribution in [3.05, 3.63) is 119 Å². The number of ether oxygens (including phenoxy) is 1. The van der Waals surface area contributed by atoms with Crippen LogP contribution in [-0.2, 0) is 0 Å². The van der Waals surface area contributed by atoms with Gasteiger partial charge in [0, 0.05) is 34.0 Å². The molecule has 0 spiro atoms. The third-order valence-corrected chi connectivity index (χ3v) is 6.30. The summed E-state index contributed by atoms with van der Waals surface area (Å²) < 4.78 is 5.39. The van der Waals surface area contributed by atoms with E-state index in [1.807, 2.05) is 55.6 Å². The fourth-order valence-electron chi connectivity index (χ4n) is 4.38. The van der Waals surface area contributed by atoms with Crippen molar-refractivity contribution in [2.24, 2.45) is 0 Å². The number of carboxylic acid groups (broad SMARTS) is 1. The maximum absolute atomic E-state index is 13.0. The summed E-state index contributed by atoms with van der Waals surface area (Å²) in [6, 6.07) is 25.3. The molecule has 5 aromatic rings. The van der Waals surface area contributed by atoms with Gasteiger partial charge in [0.2, 0.25) is 0 Å². The topological polar surface area (TPSA) is 91.4 Å². The summed E-state index contributed by atoms with van der Waals surface area (Å²) in [4.78, 5) is 28.3. The number of rotatable bonds is 5. The molecule has 5 rings (SSSR count). The molecule has 1 aromatic heterocycles. The first-order valence-corrected chi connectivity index (χ1v) is 12.0. The number of hydrogen-bond acceptors (Lipinski definition) is 3. The molecule has 0 aliphatic carbocycles. The standard InChI is InChI=1S/C32H24N2O4/c1-20-6-3-11-28(38-2)30(20)34-31(35)25-9-4-7-21(18-25)12-13-23-8-5-10-26(32(36)37)29(23)24-15-14-22-16-17-33-27(22)19-24/h3-11,14-19,33H,1-2H3,(H,34,35)(H,36,37). The van der Waals surface area contributed by atoms with Gasteiger partial charge in [-0.15, -0.1) is 0 Å². The van der Waals surface area contributed by atoms with E-state index < -0.39 is 5.97 Å². The van der Waals surface area contributed by atoms with Crippen LogP contribution < -0.4 is 10.1 Å². The zero-order valence-electron chi connectivity index (χ0n) is 20.8. The lowest BCUT2D eigenvalue weighted by molar-refractivity contribution is 0.0697. The van der Waals surface area contributed by atoms with E-state index >= 15 is 0 Å². The largest absolute Gasteiger partial charge is 0.495 e. The van der Waals surface area contributed by atoms with Crippen molar-refractivity contribution in [3.8, 4) is 28.7 Å². The predicted molar refractivity (Wildman–Crippen MR) is 149 cm³/mol. The van der Waals surface area contributed by atoms with Crippen LogP contribution in [0.15, 0.2) is 91.1 Å². The van der Waals surface area contributed by atoms with Crippen LogP contribution in [0.2, 0.25) is 0 Å². The molecule has 1 amide bonds. The molecule has 0 aliphatic heterocycles. The van der Waals surface area contributed by atoms with Crippen molar-refractivity contribution in [1.82, 2.24) is 4.98 Å². The second-order valence-corrected chi connectivity index (χ2v) is 8.75. The summed E-state index contributed by atoms with van der Waals surface area (Å²) in [6.07, 6.45) is 1.84. The van der Waals surface area contributed by atoms with Gasteiger partial charge in [-0.25, -0.2) is 4.79 Å². The molecule has 6 nitrogen and oxygen atoms in total. The van der Waals surface area contributed by atoms with E-state index in [4.69, 9.17) is 4.74 Å². The second-order valence-electron chi connectivity index (χ2n) is 8.75. The van der Waals surface area contributed by atoms with Crippen molar-refractivity contribution in [2.75, 3.05) is 12.4 Å². The highest BCUT2D eigenvalue weighted by Gasteiger charge is 2.16. The number of fused-ring (bicyclic) bond motifs is 1. The van der Waals surface area contributed by atoms with Crippen LogP contribution in [-0.4, -0.2) is 29.1 Å². The Kier molecular flexibility index (Phi) is 6.66. The SMILES string of the molecule is COc1cccc(C)c1NC(=O)c1cccc(C#Cc2cccc(C(=O)O)c2-c2ccc3cc[nH]c3c2)c1. The number of anilines is 1. The van der Waals surface area contributed by atoms with Crippen LogP contribution in [0.1, 0.15) is 37.4 Å². The number of nitrogens with one attached hydrogen (secondary N) is 2. The molecule has 0 saturated carbocycles. The van der Waals surface area contributed by atoms with Gasteiger partial charge in [-0.1, -0.05) is 48.2 Å². The second kappa shape index (κ2) is 10.4. The van der Waals surface area contributed by atoms with Gasteiger partial charge in [0.1, 0.15) is 5.75 Å². The van der Waals surface area contributed by atoms with Crippen molar-refractivity contribution in [2.45, 2.75) is 6.92 Å². The molecule has 0 saturated heterocycles. The number of H-pyrrole nitrogens is 1. The van der Waals surface area contributed by atoms with Crippen LogP contribution in [0.5, 0.6) is 5.75 Å². The van der Waals surface area contributed by atoms with E-state index in [1.165, 1.54) is 0 Å². The molecule has 0 bridgehead atoms. The lowest BCUT2D eigenvalue weighted by atomic mass is 9.93. The molecule has 6 heteroatoms. The summed E-state index contributed by atoms with van der Waals surface area (Å²) in [5, 5.41) is 13.8. The van der Waals surface area contributed by atoms with Gasteiger partial charge in [0.05, 0.1) is 18.4 Å². The first-order chi connectivity index (χ1) is 18.4. The Morgan fingerprint density at radius 1 is 0.921 bits per heavy atom. The van der Waals surface area contributed by atoms with E-state index in [1.54, 1.807) is 49.6 Å². The number of amides is 1. The lowest BCUT2D eigenvalue weighted by Gasteiger charge is -2.13. The minimum absolute atomic E-state index is 0.169. The fraction of sp³-hybridized carbons (Fsp3) is 0.0625. The highest BCUT2D eigenvalue weighted by molar-refractivity contribution is 6.05. The molecule has 0 radical (unpaired) electrons. The van der Waals surface area contributed by atoms with E-state index in [9.17, 15) is 14.7 Å². The number of benzene rings is 4. The Hall–Kier alpha value is -5.28. The number of carbonyl (C=O) groups is 2. The van der Waals surface area contributed by atoms with Gasteiger partial charge in [-0.2, -0.15) is 0 Å². The third kappa shape index (κ3) is 4.86. The van der Waals surface area contributed by atoms with Crippen LogP contribution in [0, 0.1) is 18.8 Å². The minimum atomic E-state index is -1.03. The Morgan fingerprint density at radius 2 is 1.74 bits per heavy atom. The summed E-state index contributed by atoms with van der Waals surface area (Å²) in [5.74, 6) is 5.51. The Bertz CT molecular complexity index is 1750. The Labute approximate surface area is 219 Å². The van der Waals surface area contributed by atoms with E-state index in [2.05, 4.69) is 22.1 Å². The molecule has 0 fully saturated rings. The predicted octanol–water partition coefficient (Wildman–Crippen LogP) is 6.50. The summed E-state index contributed by atoms with van der Waals surface area (Å²) in [5.41, 5.74) is 5.53. The third-order valence-electron chi connectivity index (χ3n) is 6.30. The summed E-state index contributed by atoms with van der Waals surface area (Å²) in [6.45, 7) is 1.90. The van der Waals surface area contributed by atoms with Gasteiger partial charge >= 0.3 is 5.97 Å². The molecule has 38 heavy (non-hydrogen) atoms. The quantitative estimate of drug-likeness (QED) is 0.240. The summed E-state index contributed by atoms with van der Waals surface area (Å²) >= 11 is 0. The molecule has 0 unspecified atom stereocenters. The van der Waals surface area contributed by atoms with Gasteiger partial charge < -0.3 is 20.1 Å². The van der Waals surface area contributed by atoms with Gasteiger partial charge in [-0.05, 0) is 72.0 Å². The minimum Gasteiger partial charge on any atom is -0.495 e. The van der Waals surface area contributed by atoms with Gasteiger partial charge in [0.15, 0.2) is 0 Å². The number of aromatic nitrogens is 1. The maximum atomic E-state index is 13.0. The van der Waals surface area contributed by atoms with Crippen LogP contribution in [0.4, 0.5) is 5.69 Å². The summed E-state index contributed by atoms with van der Waals surface area (Å²) in [7, 11) is 1.56. The number of methoxy groups -OCH3 is 1. The number of aromatic carboxylic acids is 1. The number of aromatic amines is 1. The smallest absolute Gasteiger partial charge is 0.336 e. The van der Waals surface area contributed by atoms with E-state index in [0.29, 0.717) is 33.7 Å². The molecule has 0 atom stereocenters. The maximum Gasteiger partial charge on any atom is 0.336 e. The first kappa shape index (κ1) is 24.4. The zero-order chi connectivity index (χ0) is 26.6. The average Bonchev–Trinajstić information content (AvgIpc) is 3.41. The molecule has 0 aliphatic rings. The number of carbonyl (C=O) groups excluding carboxylic acids is 1. The van der Waals surface area contributed by atoms with E-state index in [0.717, 1.165) is 22.0 Å². The van der Waals surface area contributed by atoms with Crippen LogP contribution in [0.3, 0.4) is 0 Å². The fourth-order valence-corrected chi connectivity index (χ4v) is 4.38. The van der Waals surface area contributed by atoms with Crippen molar-refractivity contribution >= 4 is 28.5 Å².